The van der Waals surface area contributed by atoms with Crippen LogP contribution in [-0.2, 0) is 4.74 Å². The average Bonchev–Trinajstić information content (AvgIpc) is 2.33. The Balaban J connectivity index is 2.22. The van der Waals surface area contributed by atoms with Crippen LogP contribution in [0.5, 0.6) is 5.75 Å². The van der Waals surface area contributed by atoms with E-state index in [9.17, 15) is 0 Å². The molecule has 0 aliphatic rings. The Morgan fingerprint density at radius 3 is 2.76 bits per heavy atom. The maximum Gasteiger partial charge on any atom is 0.137 e. The van der Waals surface area contributed by atoms with Crippen LogP contribution < -0.4 is 4.74 Å². The molecule has 0 fully saturated rings. The Bertz CT molecular complexity index is 407. The van der Waals surface area contributed by atoms with Gasteiger partial charge in [0.05, 0.1) is 18.8 Å². The molecule has 0 N–H and O–H groups in total. The van der Waals surface area contributed by atoms with Crippen molar-refractivity contribution in [3.8, 4) is 11.8 Å². The van der Waals surface area contributed by atoms with Gasteiger partial charge in [-0.15, -0.1) is 6.58 Å². The second kappa shape index (κ2) is 7.48. The maximum absolute atomic E-state index is 8.85. The smallest absolute Gasteiger partial charge is 0.137 e. The second-order valence-corrected chi connectivity index (χ2v) is 3.78. The normalized spacial score (nSPS) is 9.65. The van der Waals surface area contributed by atoms with Gasteiger partial charge in [-0.1, -0.05) is 17.7 Å². The van der Waals surface area contributed by atoms with Gasteiger partial charge in [-0.3, -0.25) is 0 Å². The highest BCUT2D eigenvalue weighted by molar-refractivity contribution is 5.42. The fraction of sp³-hybridized carbons (Fsp3) is 0.357. The van der Waals surface area contributed by atoms with Gasteiger partial charge < -0.3 is 9.47 Å². The van der Waals surface area contributed by atoms with Crippen LogP contribution in [0, 0.1) is 11.3 Å². The van der Waals surface area contributed by atoms with Crippen molar-refractivity contribution >= 4 is 0 Å². The van der Waals surface area contributed by atoms with E-state index in [1.165, 1.54) is 0 Å². The molecule has 0 spiro atoms. The van der Waals surface area contributed by atoms with E-state index in [2.05, 4.69) is 12.6 Å². The third-order valence-corrected chi connectivity index (χ3v) is 2.17. The number of ether oxygens (including phenoxy) is 2. The number of rotatable bonds is 7. The summed E-state index contributed by atoms with van der Waals surface area (Å²) >= 11 is 0. The summed E-state index contributed by atoms with van der Waals surface area (Å²) in [6, 6.07) is 9.26. The second-order valence-electron chi connectivity index (χ2n) is 3.78. The zero-order chi connectivity index (χ0) is 12.5. The lowest BCUT2D eigenvalue weighted by Crippen LogP contribution is -2.08. The average molecular weight is 231 g/mol. The third kappa shape index (κ3) is 5.19. The third-order valence-electron chi connectivity index (χ3n) is 2.17. The fourth-order valence-corrected chi connectivity index (χ4v) is 1.24. The molecule has 0 heterocycles. The number of benzene rings is 1. The highest BCUT2D eigenvalue weighted by Gasteiger charge is 2.00. The molecular weight excluding hydrogens is 214 g/mol. The molecule has 1 aromatic rings. The largest absolute Gasteiger partial charge is 0.490 e. The minimum Gasteiger partial charge on any atom is -0.490 e. The monoisotopic (exact) mass is 231 g/mol. The van der Waals surface area contributed by atoms with E-state index in [-0.39, 0.29) is 0 Å². The first-order chi connectivity index (χ1) is 8.24. The molecule has 0 bridgehead atoms. The molecule has 0 amide bonds. The number of para-hydroxylation sites is 1. The van der Waals surface area contributed by atoms with E-state index in [1.807, 2.05) is 19.1 Å². The van der Waals surface area contributed by atoms with E-state index in [1.54, 1.807) is 12.1 Å². The SMILES string of the molecule is C=C(C)CCOCCOc1ccccc1C#N. The predicted octanol–water partition coefficient (Wildman–Crippen LogP) is 2.92. The van der Waals surface area contributed by atoms with E-state index in [0.717, 1.165) is 12.0 Å². The lowest BCUT2D eigenvalue weighted by atomic mass is 10.2. The van der Waals surface area contributed by atoms with Gasteiger partial charge in [-0.05, 0) is 25.5 Å². The zero-order valence-electron chi connectivity index (χ0n) is 10.1. The molecule has 17 heavy (non-hydrogen) atoms. The van der Waals surface area contributed by atoms with E-state index in [4.69, 9.17) is 14.7 Å². The number of hydrogen-bond donors (Lipinski definition) is 0. The Hall–Kier alpha value is -1.79. The minimum absolute atomic E-state index is 0.453. The van der Waals surface area contributed by atoms with Crippen molar-refractivity contribution in [1.29, 1.82) is 5.26 Å². The molecule has 0 aliphatic heterocycles. The fourth-order valence-electron chi connectivity index (χ4n) is 1.24. The summed E-state index contributed by atoms with van der Waals surface area (Å²) in [6.07, 6.45) is 0.870. The van der Waals surface area contributed by atoms with Crippen LogP contribution in [-0.4, -0.2) is 19.8 Å². The summed E-state index contributed by atoms with van der Waals surface area (Å²) < 4.78 is 10.8. The summed E-state index contributed by atoms with van der Waals surface area (Å²) in [7, 11) is 0. The van der Waals surface area contributed by atoms with Crippen LogP contribution >= 0.6 is 0 Å². The number of hydrogen-bond acceptors (Lipinski definition) is 3. The Labute approximate surface area is 102 Å². The van der Waals surface area contributed by atoms with Gasteiger partial charge in [0, 0.05) is 0 Å². The molecule has 0 aliphatic carbocycles. The molecule has 0 aromatic heterocycles. The summed E-state index contributed by atoms with van der Waals surface area (Å²) in [4.78, 5) is 0. The topological polar surface area (TPSA) is 42.2 Å². The zero-order valence-corrected chi connectivity index (χ0v) is 10.1. The van der Waals surface area contributed by atoms with Gasteiger partial charge in [0.25, 0.3) is 0 Å². The molecule has 1 rings (SSSR count). The van der Waals surface area contributed by atoms with Gasteiger partial charge in [0.1, 0.15) is 18.4 Å². The van der Waals surface area contributed by atoms with Crippen LogP contribution in [0.3, 0.4) is 0 Å². The van der Waals surface area contributed by atoms with Crippen molar-refractivity contribution in [2.45, 2.75) is 13.3 Å². The minimum atomic E-state index is 0.453. The van der Waals surface area contributed by atoms with Crippen LogP contribution in [0.4, 0.5) is 0 Å². The standard InChI is InChI=1S/C14H17NO2/c1-12(2)7-8-16-9-10-17-14-6-4-3-5-13(14)11-15/h3-6H,1,7-10H2,2H3. The van der Waals surface area contributed by atoms with E-state index < -0.39 is 0 Å². The van der Waals surface area contributed by atoms with Gasteiger partial charge in [0.2, 0.25) is 0 Å². The number of nitrogens with zero attached hydrogens (tertiary/aromatic N) is 1. The van der Waals surface area contributed by atoms with Gasteiger partial charge in [0.15, 0.2) is 0 Å². The van der Waals surface area contributed by atoms with E-state index in [0.29, 0.717) is 31.1 Å². The van der Waals surface area contributed by atoms with Crippen molar-refractivity contribution in [2.24, 2.45) is 0 Å². The first kappa shape index (κ1) is 13.3. The maximum atomic E-state index is 8.85. The summed E-state index contributed by atoms with van der Waals surface area (Å²) in [5.74, 6) is 0.610. The summed E-state index contributed by atoms with van der Waals surface area (Å²) in [5, 5.41) is 8.85. The molecular formula is C14H17NO2. The van der Waals surface area contributed by atoms with Gasteiger partial charge in [-0.25, -0.2) is 0 Å². The van der Waals surface area contributed by atoms with Crippen molar-refractivity contribution in [3.63, 3.8) is 0 Å². The quantitative estimate of drug-likeness (QED) is 0.535. The van der Waals surface area contributed by atoms with Crippen LogP contribution in [0.1, 0.15) is 18.9 Å². The highest BCUT2D eigenvalue weighted by Crippen LogP contribution is 2.16. The lowest BCUT2D eigenvalue weighted by Gasteiger charge is -2.08. The highest BCUT2D eigenvalue weighted by atomic mass is 16.5. The molecule has 0 radical (unpaired) electrons. The number of nitriles is 1. The lowest BCUT2D eigenvalue weighted by molar-refractivity contribution is 0.102. The molecule has 3 heteroatoms. The van der Waals surface area contributed by atoms with Crippen LogP contribution in [0.2, 0.25) is 0 Å². The first-order valence-corrected chi connectivity index (χ1v) is 5.58. The molecule has 0 unspecified atom stereocenters. The van der Waals surface area contributed by atoms with Crippen LogP contribution in [0.25, 0.3) is 0 Å². The Kier molecular flexibility index (Phi) is 5.84. The Morgan fingerprint density at radius 2 is 2.06 bits per heavy atom. The first-order valence-electron chi connectivity index (χ1n) is 5.58. The molecule has 90 valence electrons. The predicted molar refractivity (Wildman–Crippen MR) is 66.9 cm³/mol. The molecule has 1 aromatic carbocycles. The van der Waals surface area contributed by atoms with Crippen molar-refractivity contribution in [3.05, 3.63) is 42.0 Å². The summed E-state index contributed by atoms with van der Waals surface area (Å²) in [5.41, 5.74) is 1.66. The van der Waals surface area contributed by atoms with Gasteiger partial charge in [-0.2, -0.15) is 5.26 Å². The van der Waals surface area contributed by atoms with Crippen LogP contribution in [0.15, 0.2) is 36.4 Å². The molecule has 0 saturated carbocycles. The summed E-state index contributed by atoms with van der Waals surface area (Å²) in [6.45, 7) is 7.41. The van der Waals surface area contributed by atoms with Crippen molar-refractivity contribution in [1.82, 2.24) is 0 Å². The molecule has 3 nitrogen and oxygen atoms in total. The Morgan fingerprint density at radius 1 is 1.29 bits per heavy atom. The molecule has 0 saturated heterocycles. The van der Waals surface area contributed by atoms with Gasteiger partial charge >= 0.3 is 0 Å². The van der Waals surface area contributed by atoms with Crippen molar-refractivity contribution < 1.29 is 9.47 Å². The molecule has 0 atom stereocenters. The van der Waals surface area contributed by atoms with Crippen molar-refractivity contribution in [2.75, 3.05) is 19.8 Å². The van der Waals surface area contributed by atoms with E-state index >= 15 is 0 Å².